The lowest BCUT2D eigenvalue weighted by Gasteiger charge is -2.13. The second kappa shape index (κ2) is 4.14. The van der Waals surface area contributed by atoms with E-state index in [2.05, 4.69) is 15.9 Å². The van der Waals surface area contributed by atoms with E-state index in [1.54, 1.807) is 18.2 Å². The van der Waals surface area contributed by atoms with Crippen LogP contribution in [-0.2, 0) is 4.79 Å². The van der Waals surface area contributed by atoms with E-state index in [0.29, 0.717) is 10.9 Å². The maximum atomic E-state index is 11.2. The van der Waals surface area contributed by atoms with Crippen molar-refractivity contribution in [3.05, 3.63) is 33.3 Å². The maximum absolute atomic E-state index is 11.2. The van der Waals surface area contributed by atoms with Crippen molar-refractivity contribution in [1.29, 1.82) is 0 Å². The summed E-state index contributed by atoms with van der Waals surface area (Å²) in [5.74, 6) is -0.850. The molecule has 1 aliphatic carbocycles. The molecular weight excluding hydrogens is 279 g/mol. The summed E-state index contributed by atoms with van der Waals surface area (Å²) in [6.45, 7) is 0. The van der Waals surface area contributed by atoms with E-state index in [9.17, 15) is 9.90 Å². The van der Waals surface area contributed by atoms with E-state index >= 15 is 0 Å². The number of carboxylic acids is 1. The van der Waals surface area contributed by atoms with Crippen LogP contribution < -0.4 is 0 Å². The summed E-state index contributed by atoms with van der Waals surface area (Å²) >= 11 is 9.18. The molecule has 0 aliphatic heterocycles. The minimum atomic E-state index is -0.750. The number of benzene rings is 1. The van der Waals surface area contributed by atoms with Gasteiger partial charge in [0, 0.05) is 9.50 Å². The van der Waals surface area contributed by atoms with Gasteiger partial charge in [0.25, 0.3) is 0 Å². The number of carbonyl (C=O) groups is 1. The lowest BCUT2D eigenvalue weighted by Crippen LogP contribution is -2.14. The van der Waals surface area contributed by atoms with E-state index in [0.717, 1.165) is 22.9 Å². The van der Waals surface area contributed by atoms with Crippen molar-refractivity contribution in [1.82, 2.24) is 0 Å². The van der Waals surface area contributed by atoms with Crippen LogP contribution in [0.25, 0.3) is 0 Å². The smallest absolute Gasteiger partial charge is 0.311 e. The molecule has 1 aliphatic rings. The van der Waals surface area contributed by atoms with Crippen LogP contribution in [0.1, 0.15) is 24.3 Å². The van der Waals surface area contributed by atoms with Crippen LogP contribution in [-0.4, -0.2) is 11.1 Å². The number of aliphatic carboxylic acids is 1. The van der Waals surface area contributed by atoms with Gasteiger partial charge >= 0.3 is 5.97 Å². The molecule has 1 fully saturated rings. The fraction of sp³-hybridized carbons (Fsp3) is 0.364. The Morgan fingerprint density at radius 2 is 2.20 bits per heavy atom. The van der Waals surface area contributed by atoms with Crippen LogP contribution in [0.5, 0.6) is 0 Å². The molecule has 15 heavy (non-hydrogen) atoms. The Balaban J connectivity index is 2.37. The van der Waals surface area contributed by atoms with Gasteiger partial charge in [-0.1, -0.05) is 33.6 Å². The first-order chi connectivity index (χ1) is 7.09. The van der Waals surface area contributed by atoms with Gasteiger partial charge in [-0.3, -0.25) is 4.79 Å². The monoisotopic (exact) mass is 288 g/mol. The Morgan fingerprint density at radius 3 is 2.67 bits per heavy atom. The minimum Gasteiger partial charge on any atom is -0.481 e. The van der Waals surface area contributed by atoms with E-state index in [1.165, 1.54) is 0 Å². The molecule has 2 nitrogen and oxygen atoms in total. The predicted molar refractivity (Wildman–Crippen MR) is 62.3 cm³/mol. The van der Waals surface area contributed by atoms with Gasteiger partial charge in [-0.15, -0.1) is 0 Å². The molecular formula is C11H10BrClO2. The summed E-state index contributed by atoms with van der Waals surface area (Å²) in [4.78, 5) is 11.2. The summed E-state index contributed by atoms with van der Waals surface area (Å²) in [5, 5.41) is 9.79. The van der Waals surface area contributed by atoms with Gasteiger partial charge in [0.1, 0.15) is 0 Å². The normalized spacial score (nSPS) is 17.5. The summed E-state index contributed by atoms with van der Waals surface area (Å²) in [7, 11) is 0. The number of hydrogen-bond donors (Lipinski definition) is 1. The van der Waals surface area contributed by atoms with Gasteiger partial charge in [-0.25, -0.2) is 0 Å². The third-order valence-electron chi connectivity index (χ3n) is 2.66. The van der Waals surface area contributed by atoms with Crippen LogP contribution in [0.2, 0.25) is 5.02 Å². The Morgan fingerprint density at radius 1 is 1.53 bits per heavy atom. The topological polar surface area (TPSA) is 37.3 Å². The highest BCUT2D eigenvalue weighted by molar-refractivity contribution is 9.10. The zero-order chi connectivity index (χ0) is 11.0. The highest BCUT2D eigenvalue weighted by atomic mass is 79.9. The van der Waals surface area contributed by atoms with Crippen LogP contribution in [0.15, 0.2) is 22.7 Å². The average molecular weight is 290 g/mol. The van der Waals surface area contributed by atoms with Gasteiger partial charge in [-0.2, -0.15) is 0 Å². The molecule has 1 aromatic rings. The van der Waals surface area contributed by atoms with E-state index in [4.69, 9.17) is 11.6 Å². The van der Waals surface area contributed by atoms with Crippen molar-refractivity contribution in [3.63, 3.8) is 0 Å². The first-order valence-corrected chi connectivity index (χ1v) is 5.94. The van der Waals surface area contributed by atoms with Crippen LogP contribution in [0.4, 0.5) is 0 Å². The van der Waals surface area contributed by atoms with E-state index in [1.807, 2.05) is 0 Å². The van der Waals surface area contributed by atoms with Crippen molar-refractivity contribution in [2.45, 2.75) is 18.8 Å². The lowest BCUT2D eigenvalue weighted by atomic mass is 9.94. The molecule has 1 atom stereocenters. The molecule has 1 N–H and O–H groups in total. The van der Waals surface area contributed by atoms with Crippen molar-refractivity contribution < 1.29 is 9.90 Å². The largest absolute Gasteiger partial charge is 0.481 e. The Labute approximate surface area is 101 Å². The number of hydrogen-bond acceptors (Lipinski definition) is 1. The van der Waals surface area contributed by atoms with Crippen molar-refractivity contribution in [3.8, 4) is 0 Å². The lowest BCUT2D eigenvalue weighted by molar-refractivity contribution is -0.139. The molecule has 4 heteroatoms. The van der Waals surface area contributed by atoms with Gasteiger partial charge in [-0.05, 0) is 36.5 Å². The number of carboxylic acid groups (broad SMARTS) is 1. The predicted octanol–water partition coefficient (Wildman–Crippen LogP) is 3.68. The van der Waals surface area contributed by atoms with Gasteiger partial charge in [0.05, 0.1) is 5.92 Å². The fourth-order valence-electron chi connectivity index (χ4n) is 1.77. The third kappa shape index (κ3) is 2.34. The second-order valence-electron chi connectivity index (χ2n) is 3.82. The minimum absolute atomic E-state index is 0.292. The molecule has 1 saturated carbocycles. The third-order valence-corrected chi connectivity index (χ3v) is 3.58. The zero-order valence-corrected chi connectivity index (χ0v) is 10.3. The summed E-state index contributed by atoms with van der Waals surface area (Å²) in [5.41, 5.74) is 0.828. The zero-order valence-electron chi connectivity index (χ0n) is 7.91. The molecule has 0 bridgehead atoms. The molecule has 80 valence electrons. The first kappa shape index (κ1) is 11.0. The van der Waals surface area contributed by atoms with Crippen molar-refractivity contribution in [2.24, 2.45) is 5.92 Å². The molecule has 0 heterocycles. The van der Waals surface area contributed by atoms with Crippen LogP contribution in [0.3, 0.4) is 0 Å². The molecule has 0 aromatic heterocycles. The molecule has 0 radical (unpaired) electrons. The fourth-order valence-corrected chi connectivity index (χ4v) is 2.70. The van der Waals surface area contributed by atoms with Gasteiger partial charge in [0.2, 0.25) is 0 Å². The molecule has 0 spiro atoms. The van der Waals surface area contributed by atoms with Crippen LogP contribution in [0, 0.1) is 5.92 Å². The number of rotatable bonds is 3. The van der Waals surface area contributed by atoms with E-state index < -0.39 is 11.9 Å². The van der Waals surface area contributed by atoms with Crippen LogP contribution >= 0.6 is 27.5 Å². The molecule has 2 rings (SSSR count). The van der Waals surface area contributed by atoms with Crippen molar-refractivity contribution >= 4 is 33.5 Å². The highest BCUT2D eigenvalue weighted by Crippen LogP contribution is 2.44. The summed E-state index contributed by atoms with van der Waals surface area (Å²) < 4.78 is 0.786. The van der Waals surface area contributed by atoms with Gasteiger partial charge < -0.3 is 5.11 Å². The quantitative estimate of drug-likeness (QED) is 0.921. The molecule has 0 amide bonds. The SMILES string of the molecule is O=C(O)C(c1ccc(Cl)cc1Br)C1CC1. The summed E-state index contributed by atoms with van der Waals surface area (Å²) in [6, 6.07) is 5.28. The molecule has 1 unspecified atom stereocenters. The Kier molecular flexibility index (Phi) is 3.03. The second-order valence-corrected chi connectivity index (χ2v) is 5.11. The molecule has 1 aromatic carbocycles. The first-order valence-electron chi connectivity index (χ1n) is 4.77. The van der Waals surface area contributed by atoms with Gasteiger partial charge in [0.15, 0.2) is 0 Å². The highest BCUT2D eigenvalue weighted by Gasteiger charge is 2.38. The summed E-state index contributed by atoms with van der Waals surface area (Å²) in [6.07, 6.45) is 2.01. The maximum Gasteiger partial charge on any atom is 0.311 e. The average Bonchev–Trinajstić information content (AvgIpc) is 2.92. The Hall–Kier alpha value is -0.540. The Bertz CT molecular complexity index is 402. The van der Waals surface area contributed by atoms with Crippen molar-refractivity contribution in [2.75, 3.05) is 0 Å². The standard InChI is InChI=1S/C11H10BrClO2/c12-9-5-7(13)3-4-8(9)10(11(14)15)6-1-2-6/h3-6,10H,1-2H2,(H,14,15). The van der Waals surface area contributed by atoms with E-state index in [-0.39, 0.29) is 0 Å². The number of halogens is 2. The molecule has 0 saturated heterocycles.